The van der Waals surface area contributed by atoms with Crippen molar-refractivity contribution < 1.29 is 9.90 Å². The highest BCUT2D eigenvalue weighted by molar-refractivity contribution is 6.20. The number of carbonyl (C=O) groups excluding carboxylic acids is 1. The molecule has 1 amide bonds. The Bertz CT molecular complexity index is 172. The van der Waals surface area contributed by atoms with Crippen LogP contribution in [-0.2, 0) is 4.79 Å². The molecule has 0 fully saturated rings. The molecule has 3 nitrogen and oxygen atoms in total. The molecule has 0 heterocycles. The van der Waals surface area contributed by atoms with Crippen LogP contribution in [-0.4, -0.2) is 28.0 Å². The topological polar surface area (TPSA) is 49.3 Å². The van der Waals surface area contributed by atoms with E-state index in [1.165, 1.54) is 6.92 Å². The van der Waals surface area contributed by atoms with E-state index in [0.29, 0.717) is 0 Å². The lowest BCUT2D eigenvalue weighted by molar-refractivity contribution is -0.137. The molecule has 0 radical (unpaired) electrons. The molecule has 0 aliphatic heterocycles. The highest BCUT2D eigenvalue weighted by Crippen LogP contribution is 2.08. The third kappa shape index (κ3) is 3.93. The Morgan fingerprint density at radius 3 is 2.08 bits per heavy atom. The summed E-state index contributed by atoms with van der Waals surface area (Å²) in [5, 5.41) is 12.0. The van der Waals surface area contributed by atoms with Gasteiger partial charge in [0.2, 0.25) is 0 Å². The van der Waals surface area contributed by atoms with Crippen LogP contribution in [0.4, 0.5) is 0 Å². The molecule has 0 aromatic heterocycles. The summed E-state index contributed by atoms with van der Waals surface area (Å²) in [4.78, 5) is 11.3. The molecule has 72 valence electrons. The second-order valence-electron chi connectivity index (χ2n) is 4.11. The van der Waals surface area contributed by atoms with Crippen LogP contribution in [0.25, 0.3) is 0 Å². The number of rotatable bonds is 2. The number of nitrogens with one attached hydrogen (secondary N) is 1. The lowest BCUT2D eigenvalue weighted by Crippen LogP contribution is -2.52. The monoisotopic (exact) mass is 193 g/mol. The molecule has 0 aliphatic carbocycles. The maximum absolute atomic E-state index is 11.3. The second kappa shape index (κ2) is 3.62. The van der Waals surface area contributed by atoms with Gasteiger partial charge in [-0.2, -0.15) is 0 Å². The molecular formula is C8H16ClNO2. The van der Waals surface area contributed by atoms with Crippen molar-refractivity contribution in [1.29, 1.82) is 0 Å². The zero-order valence-corrected chi connectivity index (χ0v) is 8.70. The van der Waals surface area contributed by atoms with Gasteiger partial charge in [0.15, 0.2) is 5.60 Å². The van der Waals surface area contributed by atoms with Crippen LogP contribution in [0.15, 0.2) is 0 Å². The number of amides is 1. The zero-order valence-electron chi connectivity index (χ0n) is 7.94. The van der Waals surface area contributed by atoms with E-state index in [0.717, 1.165) is 0 Å². The van der Waals surface area contributed by atoms with E-state index in [9.17, 15) is 9.90 Å². The third-order valence-corrected chi connectivity index (χ3v) is 1.76. The number of hydrogen-bond donors (Lipinski definition) is 2. The quantitative estimate of drug-likeness (QED) is 0.640. The average molecular weight is 194 g/mol. The van der Waals surface area contributed by atoms with E-state index in [2.05, 4.69) is 5.32 Å². The molecular weight excluding hydrogens is 178 g/mol. The number of halogens is 1. The minimum absolute atomic E-state index is 0.102. The number of hydrogen-bond acceptors (Lipinski definition) is 2. The minimum Gasteiger partial charge on any atom is -0.379 e. The minimum atomic E-state index is -1.48. The standard InChI is InChI=1S/C8H16ClNO2/c1-7(2,3)10-6(11)8(4,12)5-9/h12H,5H2,1-4H3,(H,10,11)/t8-/m0/s1. The number of alkyl halides is 1. The largest absolute Gasteiger partial charge is 0.379 e. The lowest BCUT2D eigenvalue weighted by atomic mass is 10.0. The van der Waals surface area contributed by atoms with Gasteiger partial charge in [0.1, 0.15) is 0 Å². The highest BCUT2D eigenvalue weighted by Gasteiger charge is 2.31. The molecule has 0 saturated heterocycles. The van der Waals surface area contributed by atoms with E-state index < -0.39 is 11.5 Å². The predicted octanol–water partition coefficient (Wildman–Crippen LogP) is 0.891. The predicted molar refractivity (Wildman–Crippen MR) is 49.2 cm³/mol. The molecule has 0 rings (SSSR count). The summed E-state index contributed by atoms with van der Waals surface area (Å²) in [7, 11) is 0. The summed E-state index contributed by atoms with van der Waals surface area (Å²) < 4.78 is 0. The summed E-state index contributed by atoms with van der Waals surface area (Å²) >= 11 is 5.41. The van der Waals surface area contributed by atoms with Gasteiger partial charge < -0.3 is 10.4 Å². The first kappa shape index (κ1) is 11.7. The van der Waals surface area contributed by atoms with Crippen LogP contribution in [0.2, 0.25) is 0 Å². The van der Waals surface area contributed by atoms with Crippen molar-refractivity contribution >= 4 is 17.5 Å². The van der Waals surface area contributed by atoms with Gasteiger partial charge in [-0.3, -0.25) is 4.79 Å². The van der Waals surface area contributed by atoms with Crippen LogP contribution in [0.3, 0.4) is 0 Å². The molecule has 0 aromatic carbocycles. The molecule has 0 aromatic rings. The molecule has 0 spiro atoms. The third-order valence-electron chi connectivity index (χ3n) is 1.24. The average Bonchev–Trinajstić information content (AvgIpc) is 1.84. The second-order valence-corrected chi connectivity index (χ2v) is 4.38. The van der Waals surface area contributed by atoms with Crippen LogP contribution in [0.5, 0.6) is 0 Å². The fourth-order valence-corrected chi connectivity index (χ4v) is 0.657. The van der Waals surface area contributed by atoms with E-state index in [1.54, 1.807) is 0 Å². The van der Waals surface area contributed by atoms with Crippen molar-refractivity contribution in [3.63, 3.8) is 0 Å². The summed E-state index contributed by atoms with van der Waals surface area (Å²) in [6.45, 7) is 6.92. The van der Waals surface area contributed by atoms with E-state index >= 15 is 0 Å². The van der Waals surface area contributed by atoms with Gasteiger partial charge in [-0.1, -0.05) is 0 Å². The first-order chi connectivity index (χ1) is 5.19. The SMILES string of the molecule is CC(C)(C)NC(=O)[C@@](C)(O)CCl. The van der Waals surface area contributed by atoms with Gasteiger partial charge in [0, 0.05) is 5.54 Å². The Morgan fingerprint density at radius 2 is 1.83 bits per heavy atom. The van der Waals surface area contributed by atoms with Crippen molar-refractivity contribution in [2.45, 2.75) is 38.8 Å². The Balaban J connectivity index is 4.23. The number of aliphatic hydroxyl groups is 1. The van der Waals surface area contributed by atoms with Crippen molar-refractivity contribution in [2.75, 3.05) is 5.88 Å². The van der Waals surface area contributed by atoms with Gasteiger partial charge in [-0.05, 0) is 27.7 Å². The Morgan fingerprint density at radius 1 is 1.42 bits per heavy atom. The first-order valence-corrected chi connectivity index (χ1v) is 4.33. The maximum Gasteiger partial charge on any atom is 0.253 e. The Kier molecular flexibility index (Phi) is 3.54. The Labute approximate surface area is 78.1 Å². The molecule has 12 heavy (non-hydrogen) atoms. The first-order valence-electron chi connectivity index (χ1n) is 3.80. The Hall–Kier alpha value is -0.280. The fourth-order valence-electron chi connectivity index (χ4n) is 0.536. The van der Waals surface area contributed by atoms with Gasteiger partial charge in [-0.15, -0.1) is 11.6 Å². The van der Waals surface area contributed by atoms with Crippen LogP contribution >= 0.6 is 11.6 Å². The lowest BCUT2D eigenvalue weighted by Gasteiger charge is -2.26. The molecule has 2 N–H and O–H groups in total. The van der Waals surface area contributed by atoms with Gasteiger partial charge >= 0.3 is 0 Å². The van der Waals surface area contributed by atoms with Crippen molar-refractivity contribution in [3.05, 3.63) is 0 Å². The van der Waals surface area contributed by atoms with Gasteiger partial charge in [-0.25, -0.2) is 0 Å². The van der Waals surface area contributed by atoms with Crippen LogP contribution in [0.1, 0.15) is 27.7 Å². The maximum atomic E-state index is 11.3. The molecule has 1 atom stereocenters. The van der Waals surface area contributed by atoms with Crippen molar-refractivity contribution in [1.82, 2.24) is 5.32 Å². The van der Waals surface area contributed by atoms with Gasteiger partial charge in [0.25, 0.3) is 5.91 Å². The van der Waals surface area contributed by atoms with Crippen LogP contribution < -0.4 is 5.32 Å². The molecule has 0 saturated carbocycles. The summed E-state index contributed by atoms with van der Waals surface area (Å²) in [6, 6.07) is 0. The molecule has 0 aliphatic rings. The van der Waals surface area contributed by atoms with E-state index in [-0.39, 0.29) is 11.4 Å². The fraction of sp³-hybridized carbons (Fsp3) is 0.875. The molecule has 0 unspecified atom stereocenters. The van der Waals surface area contributed by atoms with E-state index in [4.69, 9.17) is 11.6 Å². The smallest absolute Gasteiger partial charge is 0.253 e. The summed E-state index contributed by atoms with van der Waals surface area (Å²) in [5.74, 6) is -0.542. The van der Waals surface area contributed by atoms with Crippen LogP contribution in [0, 0.1) is 0 Å². The normalized spacial score (nSPS) is 16.8. The van der Waals surface area contributed by atoms with Crippen molar-refractivity contribution in [3.8, 4) is 0 Å². The highest BCUT2D eigenvalue weighted by atomic mass is 35.5. The van der Waals surface area contributed by atoms with E-state index in [1.807, 2.05) is 20.8 Å². The molecule has 4 heteroatoms. The summed E-state index contributed by atoms with van der Waals surface area (Å²) in [6.07, 6.45) is 0. The zero-order chi connectivity index (χ0) is 9.99. The number of carbonyl (C=O) groups is 1. The summed E-state index contributed by atoms with van der Waals surface area (Å²) in [5.41, 5.74) is -1.82. The van der Waals surface area contributed by atoms with Gasteiger partial charge in [0.05, 0.1) is 5.88 Å². The van der Waals surface area contributed by atoms with Crippen molar-refractivity contribution in [2.24, 2.45) is 0 Å². The molecule has 0 bridgehead atoms.